The SMILES string of the molecule is CCC1C(=O)NC2(CCCC2)C(=O)N1CC1CCSC1. The summed E-state index contributed by atoms with van der Waals surface area (Å²) >= 11 is 1.97. The van der Waals surface area contributed by atoms with Crippen molar-refractivity contribution in [2.75, 3.05) is 18.1 Å². The van der Waals surface area contributed by atoms with Gasteiger partial charge in [-0.2, -0.15) is 11.8 Å². The Hall–Kier alpha value is -0.710. The fourth-order valence-electron chi connectivity index (χ4n) is 3.87. The van der Waals surface area contributed by atoms with Gasteiger partial charge < -0.3 is 10.2 Å². The fraction of sp³-hybridized carbons (Fsp3) is 0.867. The van der Waals surface area contributed by atoms with E-state index in [1.807, 2.05) is 23.6 Å². The topological polar surface area (TPSA) is 49.4 Å². The highest BCUT2D eigenvalue weighted by atomic mass is 32.2. The second-order valence-corrected chi connectivity index (χ2v) is 7.54. The van der Waals surface area contributed by atoms with Crippen LogP contribution in [0.3, 0.4) is 0 Å². The third kappa shape index (κ3) is 2.34. The molecular formula is C15H24N2O2S. The molecule has 0 radical (unpaired) electrons. The van der Waals surface area contributed by atoms with Crippen LogP contribution in [0.15, 0.2) is 0 Å². The van der Waals surface area contributed by atoms with E-state index in [0.717, 1.165) is 38.0 Å². The van der Waals surface area contributed by atoms with Crippen LogP contribution >= 0.6 is 11.8 Å². The van der Waals surface area contributed by atoms with E-state index < -0.39 is 5.54 Å². The summed E-state index contributed by atoms with van der Waals surface area (Å²) in [6.45, 7) is 2.78. The largest absolute Gasteiger partial charge is 0.340 e. The number of hydrogen-bond donors (Lipinski definition) is 1. The minimum absolute atomic E-state index is 0.0691. The van der Waals surface area contributed by atoms with Gasteiger partial charge in [0.15, 0.2) is 0 Å². The first kappa shape index (κ1) is 14.2. The summed E-state index contributed by atoms with van der Waals surface area (Å²) in [7, 11) is 0. The maximum atomic E-state index is 13.0. The molecule has 2 saturated heterocycles. The number of carbonyl (C=O) groups excluding carboxylic acids is 2. The van der Waals surface area contributed by atoms with Gasteiger partial charge in [0.05, 0.1) is 0 Å². The molecule has 5 heteroatoms. The van der Waals surface area contributed by atoms with E-state index in [0.29, 0.717) is 12.3 Å². The second kappa shape index (κ2) is 5.58. The van der Waals surface area contributed by atoms with Crippen LogP contribution in [-0.4, -0.2) is 46.3 Å². The number of nitrogens with one attached hydrogen (secondary N) is 1. The highest BCUT2D eigenvalue weighted by Crippen LogP contribution is 2.36. The molecule has 1 spiro atoms. The van der Waals surface area contributed by atoms with Crippen molar-refractivity contribution in [3.05, 3.63) is 0 Å². The van der Waals surface area contributed by atoms with Crippen LogP contribution in [0.4, 0.5) is 0 Å². The Bertz CT molecular complexity index is 401. The lowest BCUT2D eigenvalue weighted by molar-refractivity contribution is -0.155. The highest BCUT2D eigenvalue weighted by molar-refractivity contribution is 7.99. The van der Waals surface area contributed by atoms with Gasteiger partial charge in [-0.25, -0.2) is 0 Å². The lowest BCUT2D eigenvalue weighted by atomic mass is 9.89. The normalized spacial score (nSPS) is 33.0. The van der Waals surface area contributed by atoms with Gasteiger partial charge in [0.25, 0.3) is 0 Å². The first-order valence-electron chi connectivity index (χ1n) is 7.87. The number of rotatable bonds is 3. The Labute approximate surface area is 125 Å². The van der Waals surface area contributed by atoms with Crippen LogP contribution in [0.2, 0.25) is 0 Å². The van der Waals surface area contributed by atoms with Crippen LogP contribution in [0.5, 0.6) is 0 Å². The van der Waals surface area contributed by atoms with Gasteiger partial charge in [-0.1, -0.05) is 19.8 Å². The van der Waals surface area contributed by atoms with Crippen molar-refractivity contribution in [3.8, 4) is 0 Å². The smallest absolute Gasteiger partial charge is 0.249 e. The second-order valence-electron chi connectivity index (χ2n) is 6.39. The Morgan fingerprint density at radius 1 is 1.35 bits per heavy atom. The highest BCUT2D eigenvalue weighted by Gasteiger charge is 2.51. The van der Waals surface area contributed by atoms with E-state index in [1.165, 1.54) is 12.2 Å². The van der Waals surface area contributed by atoms with Gasteiger partial charge in [0.2, 0.25) is 11.8 Å². The monoisotopic (exact) mass is 296 g/mol. The minimum atomic E-state index is -0.561. The van der Waals surface area contributed by atoms with Crippen molar-refractivity contribution in [1.82, 2.24) is 10.2 Å². The van der Waals surface area contributed by atoms with Crippen molar-refractivity contribution in [3.63, 3.8) is 0 Å². The third-order valence-corrected chi connectivity index (χ3v) is 6.27. The van der Waals surface area contributed by atoms with E-state index in [2.05, 4.69) is 5.32 Å². The average Bonchev–Trinajstić information content (AvgIpc) is 3.08. The summed E-state index contributed by atoms with van der Waals surface area (Å²) < 4.78 is 0. The molecule has 1 saturated carbocycles. The van der Waals surface area contributed by atoms with Crippen molar-refractivity contribution in [2.24, 2.45) is 5.92 Å². The lowest BCUT2D eigenvalue weighted by Crippen LogP contribution is -2.69. The molecule has 1 N–H and O–H groups in total. The molecule has 0 aromatic rings. The maximum absolute atomic E-state index is 13.0. The van der Waals surface area contributed by atoms with E-state index in [1.54, 1.807) is 0 Å². The summed E-state index contributed by atoms with van der Waals surface area (Å²) in [5.41, 5.74) is -0.561. The number of hydrogen-bond acceptors (Lipinski definition) is 3. The molecule has 2 atom stereocenters. The fourth-order valence-corrected chi connectivity index (χ4v) is 5.14. The minimum Gasteiger partial charge on any atom is -0.340 e. The molecule has 2 aliphatic heterocycles. The number of carbonyl (C=O) groups is 2. The van der Waals surface area contributed by atoms with Gasteiger partial charge in [-0.15, -0.1) is 0 Å². The number of nitrogens with zero attached hydrogens (tertiary/aromatic N) is 1. The zero-order chi connectivity index (χ0) is 14.2. The van der Waals surface area contributed by atoms with Crippen molar-refractivity contribution < 1.29 is 9.59 Å². The first-order valence-corrected chi connectivity index (χ1v) is 9.02. The predicted molar refractivity (Wildman–Crippen MR) is 80.6 cm³/mol. The molecule has 1 aliphatic carbocycles. The first-order chi connectivity index (χ1) is 9.66. The zero-order valence-corrected chi connectivity index (χ0v) is 13.0. The maximum Gasteiger partial charge on any atom is 0.249 e. The van der Waals surface area contributed by atoms with Gasteiger partial charge in [0, 0.05) is 6.54 Å². The van der Waals surface area contributed by atoms with Gasteiger partial charge in [0.1, 0.15) is 11.6 Å². The summed E-state index contributed by atoms with van der Waals surface area (Å²) in [6, 6.07) is -0.251. The number of thioether (sulfide) groups is 1. The Morgan fingerprint density at radius 2 is 2.10 bits per heavy atom. The van der Waals surface area contributed by atoms with Crippen molar-refractivity contribution in [1.29, 1.82) is 0 Å². The quantitative estimate of drug-likeness (QED) is 0.864. The molecule has 20 heavy (non-hydrogen) atoms. The summed E-state index contributed by atoms with van der Waals surface area (Å²) in [6.07, 6.45) is 5.65. The molecule has 0 aromatic heterocycles. The van der Waals surface area contributed by atoms with E-state index in [9.17, 15) is 9.59 Å². The molecule has 3 fully saturated rings. The van der Waals surface area contributed by atoms with Crippen molar-refractivity contribution >= 4 is 23.6 Å². The van der Waals surface area contributed by atoms with E-state index in [-0.39, 0.29) is 17.9 Å². The average molecular weight is 296 g/mol. The molecule has 3 aliphatic rings. The summed E-state index contributed by atoms with van der Waals surface area (Å²) in [5, 5.41) is 3.06. The molecular weight excluding hydrogens is 272 g/mol. The van der Waals surface area contributed by atoms with Crippen LogP contribution in [0, 0.1) is 5.92 Å². The summed E-state index contributed by atoms with van der Waals surface area (Å²) in [5.74, 6) is 3.16. The molecule has 2 amide bonds. The third-order valence-electron chi connectivity index (χ3n) is 5.03. The standard InChI is InChI=1S/C15H24N2O2S/c1-2-12-13(18)16-15(6-3-4-7-15)14(19)17(12)9-11-5-8-20-10-11/h11-12H,2-10H2,1H3,(H,16,18). The number of amides is 2. The van der Waals surface area contributed by atoms with Crippen LogP contribution in [0.1, 0.15) is 45.4 Å². The molecule has 2 unspecified atom stereocenters. The number of piperazine rings is 1. The van der Waals surface area contributed by atoms with Crippen LogP contribution in [-0.2, 0) is 9.59 Å². The van der Waals surface area contributed by atoms with E-state index >= 15 is 0 Å². The van der Waals surface area contributed by atoms with E-state index in [4.69, 9.17) is 0 Å². The Balaban J connectivity index is 1.81. The molecule has 4 nitrogen and oxygen atoms in total. The zero-order valence-electron chi connectivity index (χ0n) is 12.2. The Morgan fingerprint density at radius 3 is 2.70 bits per heavy atom. The van der Waals surface area contributed by atoms with Gasteiger partial charge >= 0.3 is 0 Å². The summed E-state index contributed by atoms with van der Waals surface area (Å²) in [4.78, 5) is 27.3. The van der Waals surface area contributed by atoms with Gasteiger partial charge in [-0.3, -0.25) is 9.59 Å². The Kier molecular flexibility index (Phi) is 3.98. The molecule has 2 heterocycles. The molecule has 112 valence electrons. The molecule has 0 aromatic carbocycles. The van der Waals surface area contributed by atoms with Crippen molar-refractivity contribution in [2.45, 2.75) is 57.0 Å². The van der Waals surface area contributed by atoms with Crippen LogP contribution < -0.4 is 5.32 Å². The lowest BCUT2D eigenvalue weighted by Gasteiger charge is -2.45. The van der Waals surface area contributed by atoms with Crippen LogP contribution in [0.25, 0.3) is 0 Å². The molecule has 0 bridgehead atoms. The predicted octanol–water partition coefficient (Wildman–Crippen LogP) is 1.79. The molecule has 3 rings (SSSR count). The van der Waals surface area contributed by atoms with Gasteiger partial charge in [-0.05, 0) is 43.1 Å².